The molecule has 0 aromatic heterocycles. The van der Waals surface area contributed by atoms with Crippen LogP contribution in [0.15, 0.2) is 54.6 Å². The van der Waals surface area contributed by atoms with Gasteiger partial charge in [0.15, 0.2) is 0 Å². The number of aliphatic hydroxyl groups is 1. The SMILES string of the molecule is CN(C)C(c1ccc(Cl)cc1)C1CCC(O)(c2ccccc2)CC1. The van der Waals surface area contributed by atoms with Crippen LogP contribution in [-0.2, 0) is 5.60 Å². The summed E-state index contributed by atoms with van der Waals surface area (Å²) in [6.45, 7) is 0. The summed E-state index contributed by atoms with van der Waals surface area (Å²) in [5.41, 5.74) is 1.69. The monoisotopic (exact) mass is 343 g/mol. The first-order valence-corrected chi connectivity index (χ1v) is 9.07. The van der Waals surface area contributed by atoms with E-state index in [4.69, 9.17) is 11.6 Å². The van der Waals surface area contributed by atoms with Crippen molar-refractivity contribution in [2.75, 3.05) is 14.1 Å². The predicted molar refractivity (Wildman–Crippen MR) is 100 cm³/mol. The maximum absolute atomic E-state index is 11.1. The van der Waals surface area contributed by atoms with Gasteiger partial charge in [-0.05, 0) is 69.0 Å². The highest BCUT2D eigenvalue weighted by molar-refractivity contribution is 6.30. The van der Waals surface area contributed by atoms with Gasteiger partial charge in [-0.3, -0.25) is 0 Å². The van der Waals surface area contributed by atoms with Crippen LogP contribution < -0.4 is 0 Å². The topological polar surface area (TPSA) is 23.5 Å². The Balaban J connectivity index is 1.75. The molecule has 3 rings (SSSR count). The second kappa shape index (κ2) is 7.26. The third-order valence-electron chi connectivity index (χ3n) is 5.38. The Hall–Kier alpha value is -1.35. The third kappa shape index (κ3) is 3.66. The molecule has 2 nitrogen and oxygen atoms in total. The number of benzene rings is 2. The van der Waals surface area contributed by atoms with Gasteiger partial charge >= 0.3 is 0 Å². The fraction of sp³-hybridized carbons (Fsp3) is 0.429. The summed E-state index contributed by atoms with van der Waals surface area (Å²) < 4.78 is 0. The lowest BCUT2D eigenvalue weighted by atomic mass is 9.72. The summed E-state index contributed by atoms with van der Waals surface area (Å²) in [5.74, 6) is 0.546. The summed E-state index contributed by atoms with van der Waals surface area (Å²) in [7, 11) is 4.27. The summed E-state index contributed by atoms with van der Waals surface area (Å²) in [4.78, 5) is 2.29. The van der Waals surface area contributed by atoms with E-state index in [0.29, 0.717) is 12.0 Å². The molecule has 1 saturated carbocycles. The van der Waals surface area contributed by atoms with Crippen molar-refractivity contribution in [3.63, 3.8) is 0 Å². The molecule has 3 heteroatoms. The van der Waals surface area contributed by atoms with Gasteiger partial charge in [0, 0.05) is 11.1 Å². The largest absolute Gasteiger partial charge is 0.385 e. The van der Waals surface area contributed by atoms with E-state index in [1.165, 1.54) is 5.56 Å². The molecule has 0 heterocycles. The molecule has 1 N–H and O–H groups in total. The molecule has 128 valence electrons. The Morgan fingerprint density at radius 3 is 2.12 bits per heavy atom. The van der Waals surface area contributed by atoms with Crippen molar-refractivity contribution in [1.29, 1.82) is 0 Å². The highest BCUT2D eigenvalue weighted by atomic mass is 35.5. The number of halogens is 1. The Morgan fingerprint density at radius 2 is 1.58 bits per heavy atom. The molecule has 0 radical (unpaired) electrons. The number of hydrogen-bond donors (Lipinski definition) is 1. The average molecular weight is 344 g/mol. The predicted octanol–water partition coefficient (Wildman–Crippen LogP) is 5.02. The van der Waals surface area contributed by atoms with Crippen molar-refractivity contribution >= 4 is 11.6 Å². The summed E-state index contributed by atoms with van der Waals surface area (Å²) >= 11 is 6.04. The average Bonchev–Trinajstić information content (AvgIpc) is 2.59. The summed E-state index contributed by atoms with van der Waals surface area (Å²) in [6, 6.07) is 18.7. The summed E-state index contributed by atoms with van der Waals surface area (Å²) in [6.07, 6.45) is 3.69. The fourth-order valence-corrected chi connectivity index (χ4v) is 4.25. The van der Waals surface area contributed by atoms with E-state index in [0.717, 1.165) is 36.3 Å². The van der Waals surface area contributed by atoms with Crippen LogP contribution in [0, 0.1) is 5.92 Å². The van der Waals surface area contributed by atoms with Crippen LogP contribution in [0.25, 0.3) is 0 Å². The van der Waals surface area contributed by atoms with E-state index < -0.39 is 5.60 Å². The van der Waals surface area contributed by atoms with E-state index >= 15 is 0 Å². The van der Waals surface area contributed by atoms with Crippen molar-refractivity contribution in [2.45, 2.75) is 37.3 Å². The highest BCUT2D eigenvalue weighted by Gasteiger charge is 2.38. The standard InChI is InChI=1S/C21H26ClNO/c1-23(2)20(16-8-10-19(22)11-9-16)17-12-14-21(24,15-13-17)18-6-4-3-5-7-18/h3-11,17,20,24H,12-15H2,1-2H3. The minimum atomic E-state index is -0.672. The Labute approximate surface area is 150 Å². The van der Waals surface area contributed by atoms with Crippen molar-refractivity contribution in [2.24, 2.45) is 5.92 Å². The number of hydrogen-bond acceptors (Lipinski definition) is 2. The zero-order valence-corrected chi connectivity index (χ0v) is 15.2. The zero-order valence-electron chi connectivity index (χ0n) is 14.5. The van der Waals surface area contributed by atoms with Gasteiger partial charge in [0.1, 0.15) is 0 Å². The minimum Gasteiger partial charge on any atom is -0.385 e. The molecule has 1 aliphatic rings. The maximum atomic E-state index is 11.1. The normalized spacial score (nSPS) is 25.6. The molecule has 0 spiro atoms. The van der Waals surface area contributed by atoms with E-state index in [1.54, 1.807) is 0 Å². The first-order chi connectivity index (χ1) is 11.5. The molecule has 0 amide bonds. The Kier molecular flexibility index (Phi) is 5.29. The lowest BCUT2D eigenvalue weighted by Crippen LogP contribution is -2.36. The second-order valence-corrected chi connectivity index (χ2v) is 7.63. The van der Waals surface area contributed by atoms with Gasteiger partial charge in [-0.2, -0.15) is 0 Å². The van der Waals surface area contributed by atoms with Crippen LogP contribution in [0.2, 0.25) is 5.02 Å². The molecule has 0 bridgehead atoms. The van der Waals surface area contributed by atoms with Crippen LogP contribution in [0.1, 0.15) is 42.9 Å². The van der Waals surface area contributed by atoms with Gasteiger partial charge in [-0.25, -0.2) is 0 Å². The zero-order chi connectivity index (χ0) is 17.2. The molecule has 1 fully saturated rings. The maximum Gasteiger partial charge on any atom is 0.0896 e. The Morgan fingerprint density at radius 1 is 1.00 bits per heavy atom. The molecular weight excluding hydrogens is 318 g/mol. The van der Waals surface area contributed by atoms with Gasteiger partial charge < -0.3 is 10.0 Å². The minimum absolute atomic E-state index is 0.364. The van der Waals surface area contributed by atoms with Gasteiger partial charge in [0.2, 0.25) is 0 Å². The molecule has 0 aliphatic heterocycles. The van der Waals surface area contributed by atoms with Crippen LogP contribution in [0.4, 0.5) is 0 Å². The Bertz CT molecular complexity index is 645. The second-order valence-electron chi connectivity index (χ2n) is 7.20. The van der Waals surface area contributed by atoms with Crippen molar-refractivity contribution < 1.29 is 5.11 Å². The van der Waals surface area contributed by atoms with Gasteiger partial charge in [0.25, 0.3) is 0 Å². The van der Waals surface area contributed by atoms with Crippen molar-refractivity contribution in [3.05, 3.63) is 70.7 Å². The number of rotatable bonds is 4. The smallest absolute Gasteiger partial charge is 0.0896 e. The molecule has 1 atom stereocenters. The van der Waals surface area contributed by atoms with Crippen LogP contribution in [0.5, 0.6) is 0 Å². The highest BCUT2D eigenvalue weighted by Crippen LogP contribution is 2.44. The van der Waals surface area contributed by atoms with Gasteiger partial charge in [-0.15, -0.1) is 0 Å². The molecule has 2 aromatic rings. The van der Waals surface area contributed by atoms with Gasteiger partial charge in [0.05, 0.1) is 5.60 Å². The van der Waals surface area contributed by atoms with E-state index in [9.17, 15) is 5.11 Å². The molecule has 2 aromatic carbocycles. The van der Waals surface area contributed by atoms with Gasteiger partial charge in [-0.1, -0.05) is 54.1 Å². The first kappa shape index (κ1) is 17.5. The lowest BCUT2D eigenvalue weighted by Gasteiger charge is -2.41. The molecule has 1 unspecified atom stereocenters. The summed E-state index contributed by atoms with van der Waals surface area (Å²) in [5, 5.41) is 11.8. The van der Waals surface area contributed by atoms with Crippen LogP contribution in [0.3, 0.4) is 0 Å². The van der Waals surface area contributed by atoms with E-state index in [1.807, 2.05) is 42.5 Å². The van der Waals surface area contributed by atoms with E-state index in [-0.39, 0.29) is 0 Å². The first-order valence-electron chi connectivity index (χ1n) is 8.69. The lowest BCUT2D eigenvalue weighted by molar-refractivity contribution is -0.0254. The molecule has 0 saturated heterocycles. The molecular formula is C21H26ClNO. The van der Waals surface area contributed by atoms with Crippen LogP contribution in [-0.4, -0.2) is 24.1 Å². The quantitative estimate of drug-likeness (QED) is 0.842. The third-order valence-corrected chi connectivity index (χ3v) is 5.63. The molecule has 24 heavy (non-hydrogen) atoms. The van der Waals surface area contributed by atoms with Crippen molar-refractivity contribution in [1.82, 2.24) is 4.90 Å². The fourth-order valence-electron chi connectivity index (χ4n) is 4.12. The molecule has 1 aliphatic carbocycles. The van der Waals surface area contributed by atoms with E-state index in [2.05, 4.69) is 31.1 Å². The number of nitrogens with zero attached hydrogens (tertiary/aromatic N) is 1. The van der Waals surface area contributed by atoms with Crippen molar-refractivity contribution in [3.8, 4) is 0 Å². The van der Waals surface area contributed by atoms with Crippen LogP contribution >= 0.6 is 11.6 Å².